The molecule has 2 aliphatic rings. The Kier molecular flexibility index (Phi) is 5.68. The van der Waals surface area contributed by atoms with Crippen molar-refractivity contribution in [1.82, 2.24) is 5.32 Å². The van der Waals surface area contributed by atoms with Gasteiger partial charge in [-0.05, 0) is 32.6 Å². The molecule has 0 bridgehead atoms. The van der Waals surface area contributed by atoms with Gasteiger partial charge in [-0.3, -0.25) is 0 Å². The van der Waals surface area contributed by atoms with Crippen LogP contribution in [-0.4, -0.2) is 18.0 Å². The van der Waals surface area contributed by atoms with Gasteiger partial charge in [0.2, 0.25) is 0 Å². The average molecular weight is 254 g/mol. The number of hydrogen-bond donors (Lipinski definition) is 2. The van der Waals surface area contributed by atoms with Crippen molar-refractivity contribution in [1.29, 1.82) is 0 Å². The molecule has 1 atom stereocenters. The Hall–Kier alpha value is -1.52. The van der Waals surface area contributed by atoms with E-state index in [0.29, 0.717) is 11.5 Å². The third-order valence-electron chi connectivity index (χ3n) is 3.39. The molecule has 0 spiro atoms. The third-order valence-corrected chi connectivity index (χ3v) is 3.39. The lowest BCUT2D eigenvalue weighted by Gasteiger charge is -2.27. The van der Waals surface area contributed by atoms with Crippen LogP contribution in [0.4, 0.5) is 4.79 Å². The predicted octanol–water partition coefficient (Wildman–Crippen LogP) is 2.07. The van der Waals surface area contributed by atoms with Crippen LogP contribution in [0.3, 0.4) is 0 Å². The van der Waals surface area contributed by atoms with E-state index in [9.17, 15) is 9.59 Å². The number of amides is 2. The van der Waals surface area contributed by atoms with Gasteiger partial charge in [-0.15, -0.1) is 0 Å². The number of carbonyl (C=O) groups excluding carboxylic acids is 2. The fraction of sp³-hybridized carbons (Fsp3) is 0.692. The summed E-state index contributed by atoms with van der Waals surface area (Å²) >= 11 is 0. The molecule has 2 rings (SSSR count). The van der Waals surface area contributed by atoms with Gasteiger partial charge in [0.05, 0.1) is 5.57 Å². The molecule has 0 radical (unpaired) electrons. The van der Waals surface area contributed by atoms with Gasteiger partial charge in [-0.2, -0.15) is 0 Å². The summed E-state index contributed by atoms with van der Waals surface area (Å²) in [6.45, 7) is 3.76. The molecule has 1 fully saturated rings. The van der Waals surface area contributed by atoms with Gasteiger partial charge in [0.1, 0.15) is 6.26 Å². The number of carbonyl (C=O) groups is 2. The number of primary amides is 1. The summed E-state index contributed by atoms with van der Waals surface area (Å²) in [4.78, 5) is 20.5. The van der Waals surface area contributed by atoms with Crippen LogP contribution < -0.4 is 11.1 Å². The largest absolute Gasteiger partial charge is 0.430 e. The molecular weight excluding hydrogens is 232 g/mol. The first-order chi connectivity index (χ1) is 8.50. The molecule has 1 heterocycles. The maximum Gasteiger partial charge on any atom is 0.341 e. The van der Waals surface area contributed by atoms with Crippen LogP contribution in [-0.2, 0) is 9.53 Å². The first-order valence-electron chi connectivity index (χ1n) is 6.44. The topological polar surface area (TPSA) is 81.4 Å². The summed E-state index contributed by atoms with van der Waals surface area (Å²) in [6, 6.07) is -0.143. The summed E-state index contributed by atoms with van der Waals surface area (Å²) in [7, 11) is 0. The Balaban J connectivity index is 0.000000225. The molecule has 18 heavy (non-hydrogen) atoms. The maximum absolute atomic E-state index is 10.6. The molecule has 0 aromatic rings. The highest BCUT2D eigenvalue weighted by Gasteiger charge is 2.20. The van der Waals surface area contributed by atoms with Crippen LogP contribution >= 0.6 is 0 Å². The molecule has 3 N–H and O–H groups in total. The second-order valence-corrected chi connectivity index (χ2v) is 4.90. The number of ether oxygens (including phenoxy) is 1. The van der Waals surface area contributed by atoms with Gasteiger partial charge >= 0.3 is 12.0 Å². The first-order valence-corrected chi connectivity index (χ1v) is 6.44. The smallest absolute Gasteiger partial charge is 0.341 e. The number of esters is 1. The Bertz CT molecular complexity index is 333. The van der Waals surface area contributed by atoms with Crippen LogP contribution in [0.25, 0.3) is 0 Å². The highest BCUT2D eigenvalue weighted by atomic mass is 16.5. The zero-order valence-electron chi connectivity index (χ0n) is 11.1. The van der Waals surface area contributed by atoms with Crippen molar-refractivity contribution < 1.29 is 14.3 Å². The van der Waals surface area contributed by atoms with Gasteiger partial charge in [-0.25, -0.2) is 9.59 Å². The number of rotatable bonds is 2. The fourth-order valence-electron chi connectivity index (χ4n) is 2.20. The number of urea groups is 1. The minimum atomic E-state index is -0.395. The van der Waals surface area contributed by atoms with Gasteiger partial charge in [0, 0.05) is 6.04 Å². The van der Waals surface area contributed by atoms with E-state index in [2.05, 4.69) is 10.1 Å². The number of nitrogens with one attached hydrogen (secondary N) is 1. The third kappa shape index (κ3) is 4.77. The maximum atomic E-state index is 10.6. The van der Waals surface area contributed by atoms with Crippen molar-refractivity contribution >= 4 is 12.0 Å². The Morgan fingerprint density at radius 1 is 1.44 bits per heavy atom. The average Bonchev–Trinajstić information content (AvgIpc) is 2.37. The van der Waals surface area contributed by atoms with Gasteiger partial charge in [-0.1, -0.05) is 19.3 Å². The Labute approximate surface area is 108 Å². The van der Waals surface area contributed by atoms with E-state index in [1.165, 1.54) is 38.4 Å². The summed E-state index contributed by atoms with van der Waals surface area (Å²) in [5.74, 6) is 0.446. The molecule has 1 unspecified atom stereocenters. The Morgan fingerprint density at radius 2 is 2.00 bits per heavy atom. The van der Waals surface area contributed by atoms with Crippen molar-refractivity contribution in [3.05, 3.63) is 11.8 Å². The Morgan fingerprint density at radius 3 is 2.33 bits per heavy atom. The van der Waals surface area contributed by atoms with E-state index in [-0.39, 0.29) is 12.0 Å². The van der Waals surface area contributed by atoms with E-state index >= 15 is 0 Å². The molecule has 0 saturated heterocycles. The van der Waals surface area contributed by atoms with Gasteiger partial charge in [0.15, 0.2) is 0 Å². The molecule has 0 aromatic carbocycles. The molecule has 102 valence electrons. The lowest BCUT2D eigenvalue weighted by atomic mass is 9.85. The molecule has 1 aliphatic carbocycles. The molecule has 1 saturated carbocycles. The van der Waals surface area contributed by atoms with Crippen LogP contribution in [0.2, 0.25) is 0 Å². The molecule has 0 aromatic heterocycles. The lowest BCUT2D eigenvalue weighted by Crippen LogP contribution is -2.41. The van der Waals surface area contributed by atoms with Crippen molar-refractivity contribution in [2.24, 2.45) is 11.7 Å². The SMILES string of the molecule is CC(NC(N)=O)C1CCCCC1.CC1=COC1=O. The quantitative estimate of drug-likeness (QED) is 0.740. The van der Waals surface area contributed by atoms with E-state index < -0.39 is 6.03 Å². The monoisotopic (exact) mass is 254 g/mol. The summed E-state index contributed by atoms with van der Waals surface area (Å²) in [6.07, 6.45) is 7.86. The van der Waals surface area contributed by atoms with Crippen molar-refractivity contribution in [2.45, 2.75) is 52.0 Å². The zero-order chi connectivity index (χ0) is 13.5. The van der Waals surface area contributed by atoms with Gasteiger partial charge in [0.25, 0.3) is 0 Å². The van der Waals surface area contributed by atoms with Crippen molar-refractivity contribution in [3.8, 4) is 0 Å². The summed E-state index contributed by atoms with van der Waals surface area (Å²) < 4.78 is 4.24. The standard InChI is InChI=1S/C9H18N2O.C4H4O2/c1-7(11-9(10)12)8-5-3-2-4-6-8;1-3-2-6-4(3)5/h7-8H,2-6H2,1H3,(H3,10,11,12);2H,1H3. The van der Waals surface area contributed by atoms with Crippen LogP contribution in [0, 0.1) is 5.92 Å². The number of hydrogen-bond acceptors (Lipinski definition) is 3. The minimum absolute atomic E-state index is 0.199. The van der Waals surface area contributed by atoms with Crippen LogP contribution in [0.1, 0.15) is 46.0 Å². The molecule has 1 aliphatic heterocycles. The summed E-state index contributed by atoms with van der Waals surface area (Å²) in [5.41, 5.74) is 5.75. The lowest BCUT2D eigenvalue weighted by molar-refractivity contribution is -0.138. The second kappa shape index (κ2) is 7.03. The van der Waals surface area contributed by atoms with E-state index in [0.717, 1.165) is 0 Å². The van der Waals surface area contributed by atoms with Crippen molar-refractivity contribution in [2.75, 3.05) is 0 Å². The first kappa shape index (κ1) is 14.5. The summed E-state index contributed by atoms with van der Waals surface area (Å²) in [5, 5.41) is 2.75. The highest BCUT2D eigenvalue weighted by Crippen LogP contribution is 2.26. The molecule has 5 nitrogen and oxygen atoms in total. The van der Waals surface area contributed by atoms with E-state index in [4.69, 9.17) is 5.73 Å². The molecule has 2 amide bonds. The molecule has 5 heteroatoms. The second-order valence-electron chi connectivity index (χ2n) is 4.90. The number of cyclic esters (lactones) is 1. The normalized spacial score (nSPS) is 20.6. The highest BCUT2D eigenvalue weighted by molar-refractivity contribution is 5.92. The number of nitrogens with two attached hydrogens (primary N) is 1. The fourth-order valence-corrected chi connectivity index (χ4v) is 2.20. The van der Waals surface area contributed by atoms with Gasteiger partial charge < -0.3 is 15.8 Å². The van der Waals surface area contributed by atoms with E-state index in [1.54, 1.807) is 6.92 Å². The van der Waals surface area contributed by atoms with Crippen LogP contribution in [0.15, 0.2) is 11.8 Å². The zero-order valence-corrected chi connectivity index (χ0v) is 11.1. The van der Waals surface area contributed by atoms with E-state index in [1.807, 2.05) is 6.92 Å². The van der Waals surface area contributed by atoms with Crippen molar-refractivity contribution in [3.63, 3.8) is 0 Å². The van der Waals surface area contributed by atoms with Crippen LogP contribution in [0.5, 0.6) is 0 Å². The predicted molar refractivity (Wildman–Crippen MR) is 68.6 cm³/mol. The molecular formula is C13H22N2O3. The minimum Gasteiger partial charge on any atom is -0.430 e.